The van der Waals surface area contributed by atoms with Gasteiger partial charge in [0, 0.05) is 25.6 Å². The molecule has 200 valence electrons. The first-order valence-electron chi connectivity index (χ1n) is 14.6. The van der Waals surface area contributed by atoms with Crippen LogP contribution in [0.3, 0.4) is 0 Å². The minimum atomic E-state index is -0.964. The zero-order valence-corrected chi connectivity index (χ0v) is 22.3. The largest absolute Gasteiger partial charge is 0.493 e. The average Bonchev–Trinajstić information content (AvgIpc) is 2.95. The van der Waals surface area contributed by atoms with Crippen LogP contribution in [-0.4, -0.2) is 65.2 Å². The van der Waals surface area contributed by atoms with Crippen LogP contribution in [0.5, 0.6) is 5.75 Å². The molecule has 2 aliphatic heterocycles. The van der Waals surface area contributed by atoms with Gasteiger partial charge in [-0.05, 0) is 74.9 Å². The highest BCUT2D eigenvalue weighted by Crippen LogP contribution is 2.42. The van der Waals surface area contributed by atoms with E-state index in [0.29, 0.717) is 25.5 Å². The number of aliphatic hydroxyl groups is 1. The summed E-state index contributed by atoms with van der Waals surface area (Å²) in [5.74, 6) is 0.417. The first-order valence-corrected chi connectivity index (χ1v) is 14.6. The predicted molar refractivity (Wildman–Crippen MR) is 148 cm³/mol. The van der Waals surface area contributed by atoms with E-state index in [9.17, 15) is 9.90 Å². The van der Waals surface area contributed by atoms with Gasteiger partial charge in [-0.25, -0.2) is 0 Å². The minimum absolute atomic E-state index is 0.110. The van der Waals surface area contributed by atoms with Gasteiger partial charge in [-0.15, -0.1) is 0 Å². The highest BCUT2D eigenvalue weighted by atomic mass is 16.5. The van der Waals surface area contributed by atoms with E-state index in [4.69, 9.17) is 4.74 Å². The third kappa shape index (κ3) is 6.56. The minimum Gasteiger partial charge on any atom is -0.493 e. The van der Waals surface area contributed by atoms with Gasteiger partial charge in [-0.1, -0.05) is 68.1 Å². The van der Waals surface area contributed by atoms with Crippen LogP contribution in [0.25, 0.3) is 0 Å². The van der Waals surface area contributed by atoms with E-state index in [1.54, 1.807) is 0 Å². The fourth-order valence-corrected chi connectivity index (χ4v) is 6.74. The van der Waals surface area contributed by atoms with E-state index in [-0.39, 0.29) is 5.91 Å². The Bertz CT molecular complexity index is 973. The van der Waals surface area contributed by atoms with Crippen LogP contribution >= 0.6 is 0 Å². The summed E-state index contributed by atoms with van der Waals surface area (Å²) in [4.78, 5) is 18.7. The number of hydrogen-bond acceptors (Lipinski definition) is 4. The normalized spacial score (nSPS) is 21.9. The molecule has 2 aromatic rings. The summed E-state index contributed by atoms with van der Waals surface area (Å²) in [6.45, 7) is 4.63. The molecule has 0 radical (unpaired) electrons. The van der Waals surface area contributed by atoms with Gasteiger partial charge in [0.05, 0.1) is 18.1 Å². The van der Waals surface area contributed by atoms with Crippen LogP contribution in [-0.2, 0) is 11.2 Å². The predicted octanol–water partition coefficient (Wildman–Crippen LogP) is 5.56. The fourth-order valence-electron chi connectivity index (χ4n) is 6.74. The van der Waals surface area contributed by atoms with Gasteiger partial charge in [-0.3, -0.25) is 4.79 Å². The SMILES string of the molecule is O=C(C(c1ccc(OCCc2ccccc2)cc1)C1(O)CCCCC1)N1CCC(N2CCCCC2)CC1. The first kappa shape index (κ1) is 26.2. The molecule has 1 unspecified atom stereocenters. The Morgan fingerprint density at radius 1 is 0.865 bits per heavy atom. The number of ether oxygens (including phenoxy) is 1. The molecular weight excluding hydrogens is 460 g/mol. The van der Waals surface area contributed by atoms with Gasteiger partial charge in [0.1, 0.15) is 5.75 Å². The Kier molecular flexibility index (Phi) is 8.83. The maximum absolute atomic E-state index is 14.0. The molecule has 0 spiro atoms. The van der Waals surface area contributed by atoms with E-state index in [2.05, 4.69) is 17.0 Å². The molecule has 2 saturated heterocycles. The van der Waals surface area contributed by atoms with Gasteiger partial charge in [0.15, 0.2) is 0 Å². The lowest BCUT2D eigenvalue weighted by Gasteiger charge is -2.44. The van der Waals surface area contributed by atoms with E-state index in [1.165, 1.54) is 37.9 Å². The van der Waals surface area contributed by atoms with Crippen LogP contribution in [0.1, 0.15) is 81.3 Å². The quantitative estimate of drug-likeness (QED) is 0.511. The second-order valence-corrected chi connectivity index (χ2v) is 11.4. The molecule has 1 amide bonds. The van der Waals surface area contributed by atoms with Crippen molar-refractivity contribution in [2.75, 3.05) is 32.8 Å². The van der Waals surface area contributed by atoms with E-state index < -0.39 is 11.5 Å². The molecule has 3 aliphatic rings. The van der Waals surface area contributed by atoms with Crippen LogP contribution in [0, 0.1) is 0 Å². The number of benzene rings is 2. The number of rotatable bonds is 8. The van der Waals surface area contributed by atoms with E-state index >= 15 is 0 Å². The lowest BCUT2D eigenvalue weighted by atomic mass is 9.72. The maximum atomic E-state index is 14.0. The molecular formula is C32H44N2O3. The number of likely N-dealkylation sites (tertiary alicyclic amines) is 2. The van der Waals surface area contributed by atoms with Gasteiger partial charge in [-0.2, -0.15) is 0 Å². The molecule has 1 N–H and O–H groups in total. The monoisotopic (exact) mass is 504 g/mol. The fraction of sp³-hybridized carbons (Fsp3) is 0.594. The first-order chi connectivity index (χ1) is 18.1. The molecule has 0 bridgehead atoms. The molecule has 0 aromatic heterocycles. The van der Waals surface area contributed by atoms with E-state index in [1.807, 2.05) is 47.4 Å². The zero-order valence-electron chi connectivity index (χ0n) is 22.3. The van der Waals surface area contributed by atoms with Crippen molar-refractivity contribution in [3.63, 3.8) is 0 Å². The van der Waals surface area contributed by atoms with Crippen molar-refractivity contribution in [2.45, 2.75) is 88.2 Å². The summed E-state index contributed by atoms with van der Waals surface area (Å²) < 4.78 is 6.00. The third-order valence-corrected chi connectivity index (χ3v) is 8.90. The maximum Gasteiger partial charge on any atom is 0.233 e. The summed E-state index contributed by atoms with van der Waals surface area (Å²) in [5, 5.41) is 11.8. The lowest BCUT2D eigenvalue weighted by molar-refractivity contribution is -0.143. The van der Waals surface area contributed by atoms with Crippen molar-refractivity contribution >= 4 is 5.91 Å². The Morgan fingerprint density at radius 2 is 1.51 bits per heavy atom. The number of carbonyl (C=O) groups excluding carboxylic acids is 1. The van der Waals surface area contributed by atoms with Gasteiger partial charge < -0.3 is 19.6 Å². The molecule has 5 rings (SSSR count). The summed E-state index contributed by atoms with van der Waals surface area (Å²) in [5.41, 5.74) is 1.21. The highest BCUT2D eigenvalue weighted by Gasteiger charge is 2.45. The number of amides is 1. The van der Waals surface area contributed by atoms with Crippen LogP contribution in [0.2, 0.25) is 0 Å². The standard InChI is InChI=1S/C32H44N2O3/c35-31(34-23-16-28(17-24-34)33-21-8-3-9-22-33)30(32(36)19-6-2-7-20-32)27-12-14-29(15-13-27)37-25-18-26-10-4-1-5-11-26/h1,4-5,10-15,28,30,36H,2-3,6-9,16-25H2. The van der Waals surface area contributed by atoms with Crippen molar-refractivity contribution in [1.29, 1.82) is 0 Å². The smallest absolute Gasteiger partial charge is 0.233 e. The molecule has 37 heavy (non-hydrogen) atoms. The summed E-state index contributed by atoms with van der Waals surface area (Å²) in [6, 6.07) is 18.9. The molecule has 2 heterocycles. The Balaban J connectivity index is 1.25. The molecule has 1 atom stereocenters. The summed E-state index contributed by atoms with van der Waals surface area (Å²) in [7, 11) is 0. The molecule has 5 nitrogen and oxygen atoms in total. The van der Waals surface area contributed by atoms with E-state index in [0.717, 1.165) is 62.9 Å². The van der Waals surface area contributed by atoms with Crippen LogP contribution in [0.15, 0.2) is 54.6 Å². The van der Waals surface area contributed by atoms with Crippen molar-refractivity contribution in [3.8, 4) is 5.75 Å². The second-order valence-electron chi connectivity index (χ2n) is 11.4. The Morgan fingerprint density at radius 3 is 2.19 bits per heavy atom. The highest BCUT2D eigenvalue weighted by molar-refractivity contribution is 5.85. The number of hydrogen-bond donors (Lipinski definition) is 1. The zero-order chi connectivity index (χ0) is 25.5. The Labute approximate surface area is 222 Å². The van der Waals surface area contributed by atoms with Gasteiger partial charge in [0.25, 0.3) is 0 Å². The molecule has 3 fully saturated rings. The number of piperidine rings is 2. The molecule has 1 aliphatic carbocycles. The van der Waals surface area contributed by atoms with Crippen molar-refractivity contribution in [2.24, 2.45) is 0 Å². The summed E-state index contributed by atoms with van der Waals surface area (Å²) in [6.07, 6.45) is 11.4. The van der Waals surface area contributed by atoms with Crippen molar-refractivity contribution in [1.82, 2.24) is 9.80 Å². The van der Waals surface area contributed by atoms with Crippen molar-refractivity contribution < 1.29 is 14.6 Å². The van der Waals surface area contributed by atoms with Crippen LogP contribution in [0.4, 0.5) is 0 Å². The topological polar surface area (TPSA) is 53.0 Å². The van der Waals surface area contributed by atoms with Crippen LogP contribution < -0.4 is 4.74 Å². The lowest BCUT2D eigenvalue weighted by Crippen LogP contribution is -2.52. The van der Waals surface area contributed by atoms with Gasteiger partial charge >= 0.3 is 0 Å². The van der Waals surface area contributed by atoms with Gasteiger partial charge in [0.2, 0.25) is 5.91 Å². The van der Waals surface area contributed by atoms with Crippen molar-refractivity contribution in [3.05, 3.63) is 65.7 Å². The molecule has 1 saturated carbocycles. The molecule has 5 heteroatoms. The summed E-state index contributed by atoms with van der Waals surface area (Å²) >= 11 is 0. The molecule has 2 aromatic carbocycles. The second kappa shape index (κ2) is 12.4. The number of carbonyl (C=O) groups is 1. The third-order valence-electron chi connectivity index (χ3n) is 8.90. The Hall–Kier alpha value is -2.37. The average molecular weight is 505 g/mol. The number of nitrogens with zero attached hydrogens (tertiary/aromatic N) is 2.